The smallest absolute Gasteiger partial charge is 0.317 e. The number of sulfone groups is 1. The van der Waals surface area contributed by atoms with Crippen molar-refractivity contribution in [2.45, 2.75) is 54.6 Å². The minimum absolute atomic E-state index is 0.00900. The van der Waals surface area contributed by atoms with Crippen molar-refractivity contribution in [3.63, 3.8) is 0 Å². The van der Waals surface area contributed by atoms with E-state index in [4.69, 9.17) is 11.6 Å². The van der Waals surface area contributed by atoms with Crippen LogP contribution in [0.15, 0.2) is 35.2 Å². The number of aliphatic hydroxyl groups is 2. The molecule has 2 aromatic carbocycles. The second-order valence-corrected chi connectivity index (χ2v) is 13.7. The summed E-state index contributed by atoms with van der Waals surface area (Å²) >= 11 is 6.28. The molecule has 0 spiro atoms. The number of likely N-dealkylation sites (tertiary alicyclic amines) is 1. The average Bonchev–Trinajstić information content (AvgIpc) is 3.32. The number of carbonyl (C=O) groups excluding carboxylic acids is 2. The lowest BCUT2D eigenvalue weighted by Crippen LogP contribution is -2.52. The van der Waals surface area contributed by atoms with E-state index in [1.165, 1.54) is 17.0 Å². The molecule has 7 atom stereocenters. The molecule has 2 bridgehead atoms. The number of anilines is 1. The molecular weight excluding hydrogens is 587 g/mol. The lowest BCUT2D eigenvalue weighted by molar-refractivity contribution is 0.0572. The monoisotopic (exact) mass is 615 g/mol. The van der Waals surface area contributed by atoms with Crippen LogP contribution in [0, 0.1) is 35.2 Å². The van der Waals surface area contributed by atoms with Crippen molar-refractivity contribution < 1.29 is 41.4 Å². The number of fused-ring (bicyclic) bond motifs is 2. The Morgan fingerprint density at radius 2 is 1.63 bits per heavy atom. The van der Waals surface area contributed by atoms with Gasteiger partial charge in [-0.15, -0.1) is 0 Å². The third kappa shape index (κ3) is 5.64. The molecule has 2 aromatic rings. The van der Waals surface area contributed by atoms with Gasteiger partial charge in [-0.1, -0.05) is 18.5 Å². The van der Waals surface area contributed by atoms with Gasteiger partial charge in [-0.2, -0.15) is 0 Å². The summed E-state index contributed by atoms with van der Waals surface area (Å²) in [4.78, 5) is 26.7. The highest BCUT2D eigenvalue weighted by Gasteiger charge is 2.51. The topological polar surface area (TPSA) is 136 Å². The molecule has 1 saturated heterocycles. The fourth-order valence-corrected chi connectivity index (χ4v) is 8.79. The number of benzene rings is 2. The summed E-state index contributed by atoms with van der Waals surface area (Å²) in [7, 11) is -4.04. The van der Waals surface area contributed by atoms with Crippen molar-refractivity contribution in [1.29, 1.82) is 0 Å². The Morgan fingerprint density at radius 3 is 2.24 bits per heavy atom. The van der Waals surface area contributed by atoms with E-state index in [1.54, 1.807) is 0 Å². The average molecular weight is 616 g/mol. The number of hydrogen-bond acceptors (Lipinski definition) is 6. The van der Waals surface area contributed by atoms with Crippen LogP contribution in [0.25, 0.3) is 0 Å². The minimum atomic E-state index is -4.04. The Bertz CT molecular complexity index is 1460. The molecule has 3 aliphatic rings. The Kier molecular flexibility index (Phi) is 8.01. The van der Waals surface area contributed by atoms with E-state index in [0.717, 1.165) is 6.07 Å². The van der Waals surface area contributed by atoms with Gasteiger partial charge in [-0.3, -0.25) is 4.79 Å². The maximum atomic E-state index is 13.8. The first kappa shape index (κ1) is 29.6. The zero-order valence-corrected chi connectivity index (χ0v) is 23.4. The summed E-state index contributed by atoms with van der Waals surface area (Å²) in [6.07, 6.45) is -0.832. The number of hydrogen-bond donors (Lipinski definition) is 4. The van der Waals surface area contributed by atoms with E-state index in [1.807, 2.05) is 6.92 Å². The third-order valence-electron chi connectivity index (χ3n) is 8.49. The van der Waals surface area contributed by atoms with E-state index in [0.29, 0.717) is 18.6 Å². The zero-order valence-electron chi connectivity index (χ0n) is 21.9. The number of amides is 3. The second-order valence-electron chi connectivity index (χ2n) is 11.1. The van der Waals surface area contributed by atoms with Crippen molar-refractivity contribution in [2.24, 2.45) is 17.8 Å². The molecule has 2 aliphatic carbocycles. The second kappa shape index (κ2) is 11.1. The van der Waals surface area contributed by atoms with Gasteiger partial charge < -0.3 is 25.7 Å². The Labute approximate surface area is 239 Å². The van der Waals surface area contributed by atoms with E-state index in [-0.39, 0.29) is 70.9 Å². The van der Waals surface area contributed by atoms with E-state index < -0.39 is 56.7 Å². The number of rotatable bonds is 5. The van der Waals surface area contributed by atoms with Crippen LogP contribution in [-0.4, -0.2) is 72.1 Å². The summed E-state index contributed by atoms with van der Waals surface area (Å²) in [6, 6.07) is 4.13. The molecule has 3 unspecified atom stereocenters. The molecule has 4 N–H and O–H groups in total. The molecule has 3 fully saturated rings. The lowest BCUT2D eigenvalue weighted by Gasteiger charge is -2.37. The van der Waals surface area contributed by atoms with E-state index >= 15 is 0 Å². The largest absolute Gasteiger partial charge is 0.388 e. The molecule has 2 saturated carbocycles. The number of aliphatic hydroxyl groups excluding tert-OH is 2. The predicted octanol–water partition coefficient (Wildman–Crippen LogP) is 3.33. The number of nitrogens with zero attached hydrogens (tertiary/aromatic N) is 1. The molecule has 1 heterocycles. The normalized spacial score (nSPS) is 29.4. The standard InChI is InChI=1S/C27H29ClF3N3O6S/c1-12-4-14-5-16(9-17(12)25(14)33-27(38)34-10-21(35)22(36)11-34)41(39,40)23-6-13(2-3-18(23)28)26(37)32-15-7-19(29)24(31)20(30)8-15/h2-3,6-8,12,14,16-17,21-22,25,35-36H,4-5,9-11H2,1H3,(H,32,37)(H,33,38)/t12-,14?,16+,17+,21?,22?,25-/m0/s1. The first-order chi connectivity index (χ1) is 19.3. The first-order valence-corrected chi connectivity index (χ1v) is 15.1. The fourth-order valence-electron chi connectivity index (χ4n) is 6.38. The quantitative estimate of drug-likeness (QED) is 0.381. The highest BCUT2D eigenvalue weighted by Crippen LogP contribution is 2.49. The Morgan fingerprint density at radius 1 is 1.00 bits per heavy atom. The maximum Gasteiger partial charge on any atom is 0.317 e. The maximum absolute atomic E-state index is 13.8. The van der Waals surface area contributed by atoms with Gasteiger partial charge in [0.05, 0.1) is 40.5 Å². The number of halogens is 4. The molecule has 5 rings (SSSR count). The van der Waals surface area contributed by atoms with Crippen LogP contribution in [0.1, 0.15) is 36.5 Å². The van der Waals surface area contributed by atoms with Gasteiger partial charge in [0.25, 0.3) is 5.91 Å². The van der Waals surface area contributed by atoms with Gasteiger partial charge in [0, 0.05) is 29.4 Å². The fraction of sp³-hybridized carbons (Fsp3) is 0.481. The number of urea groups is 1. The van der Waals surface area contributed by atoms with Crippen LogP contribution in [0.5, 0.6) is 0 Å². The van der Waals surface area contributed by atoms with Gasteiger partial charge >= 0.3 is 6.03 Å². The molecule has 222 valence electrons. The molecule has 41 heavy (non-hydrogen) atoms. The van der Waals surface area contributed by atoms with Crippen LogP contribution in [0.2, 0.25) is 5.02 Å². The predicted molar refractivity (Wildman–Crippen MR) is 143 cm³/mol. The minimum Gasteiger partial charge on any atom is -0.388 e. The molecule has 0 aromatic heterocycles. The van der Waals surface area contributed by atoms with Crippen LogP contribution in [0.3, 0.4) is 0 Å². The van der Waals surface area contributed by atoms with Crippen molar-refractivity contribution in [1.82, 2.24) is 10.2 Å². The Balaban J connectivity index is 1.32. The zero-order chi connectivity index (χ0) is 29.8. The first-order valence-electron chi connectivity index (χ1n) is 13.2. The van der Waals surface area contributed by atoms with E-state index in [9.17, 15) is 41.4 Å². The lowest BCUT2D eigenvalue weighted by atomic mass is 9.82. The van der Waals surface area contributed by atoms with Crippen LogP contribution >= 0.6 is 11.6 Å². The summed E-state index contributed by atoms with van der Waals surface area (Å²) in [5.74, 6) is -5.71. The summed E-state index contributed by atoms with van der Waals surface area (Å²) < 4.78 is 68.0. The van der Waals surface area contributed by atoms with Crippen LogP contribution < -0.4 is 10.6 Å². The molecule has 14 heteroatoms. The Hall–Kier alpha value is -2.87. The van der Waals surface area contributed by atoms with Crippen molar-refractivity contribution >= 4 is 39.1 Å². The SMILES string of the molecule is C[C@H]1CC2C[C@@H](S(=O)(=O)c3cc(C(=O)Nc4cc(F)c(F)c(F)c4)ccc3Cl)C[C@H]1[C@H]2NC(=O)N1CC(O)C(O)C1. The summed E-state index contributed by atoms with van der Waals surface area (Å²) in [6.45, 7) is 2.02. The van der Waals surface area contributed by atoms with E-state index in [2.05, 4.69) is 10.6 Å². The van der Waals surface area contributed by atoms with Crippen LogP contribution in [-0.2, 0) is 9.84 Å². The highest BCUT2D eigenvalue weighted by molar-refractivity contribution is 7.92. The number of nitrogens with one attached hydrogen (secondary N) is 2. The van der Waals surface area contributed by atoms with Crippen molar-refractivity contribution in [2.75, 3.05) is 18.4 Å². The van der Waals surface area contributed by atoms with Gasteiger partial charge in [-0.05, 0) is 55.2 Å². The molecule has 9 nitrogen and oxygen atoms in total. The van der Waals surface area contributed by atoms with Gasteiger partial charge in [0.1, 0.15) is 0 Å². The van der Waals surface area contributed by atoms with Crippen LogP contribution in [0.4, 0.5) is 23.7 Å². The summed E-state index contributed by atoms with van der Waals surface area (Å²) in [5.41, 5.74) is -0.486. The van der Waals surface area contributed by atoms with Gasteiger partial charge in [0.2, 0.25) is 0 Å². The molecular formula is C27H29ClF3N3O6S. The van der Waals surface area contributed by atoms with Crippen molar-refractivity contribution in [3.8, 4) is 0 Å². The van der Waals surface area contributed by atoms with Gasteiger partial charge in [0.15, 0.2) is 27.3 Å². The number of carbonyl (C=O) groups is 2. The molecule has 3 amide bonds. The van der Waals surface area contributed by atoms with Crippen molar-refractivity contribution in [3.05, 3.63) is 58.4 Å². The third-order valence-corrected chi connectivity index (χ3v) is 11.1. The molecule has 0 radical (unpaired) electrons. The van der Waals surface area contributed by atoms with Gasteiger partial charge in [-0.25, -0.2) is 26.4 Å². The summed E-state index contributed by atoms with van der Waals surface area (Å²) in [5, 5.41) is 23.8. The molecule has 1 aliphatic heterocycles. The highest BCUT2D eigenvalue weighted by atomic mass is 35.5. The number of β-amino-alcohol motifs (C(OH)–C–C–N with tert-alkyl or cyclic N) is 2.